The van der Waals surface area contributed by atoms with E-state index in [4.69, 9.17) is 10.5 Å². The maximum Gasteiger partial charge on any atom is 0.220 e. The first-order valence-electron chi connectivity index (χ1n) is 6.84. The molecule has 0 aromatic rings. The Hall–Kier alpha value is -0.610. The molecule has 0 heterocycles. The van der Waals surface area contributed by atoms with Crippen molar-refractivity contribution < 1.29 is 9.53 Å². The van der Waals surface area contributed by atoms with Gasteiger partial charge in [0, 0.05) is 19.6 Å². The van der Waals surface area contributed by atoms with Crippen LogP contribution < -0.4 is 11.1 Å². The predicted octanol–water partition coefficient (Wildman–Crippen LogP) is 1.44. The normalized spacial score (nSPS) is 23.2. The Morgan fingerprint density at radius 1 is 1.35 bits per heavy atom. The van der Waals surface area contributed by atoms with Gasteiger partial charge in [-0.1, -0.05) is 6.42 Å². The summed E-state index contributed by atoms with van der Waals surface area (Å²) in [6.45, 7) is 4.33. The number of unbranched alkanes of at least 4 members (excludes halogenated alkanes) is 2. The number of nitrogens with one attached hydrogen (secondary N) is 1. The lowest BCUT2D eigenvalue weighted by atomic mass is 9.80. The molecular formula is C13H26N2O2. The fraction of sp³-hybridized carbons (Fsp3) is 0.923. The molecular weight excluding hydrogens is 216 g/mol. The Morgan fingerprint density at radius 2 is 2.12 bits per heavy atom. The minimum atomic E-state index is 0.192. The van der Waals surface area contributed by atoms with E-state index >= 15 is 0 Å². The van der Waals surface area contributed by atoms with Crippen molar-refractivity contribution in [3.8, 4) is 0 Å². The Morgan fingerprint density at radius 3 is 2.76 bits per heavy atom. The van der Waals surface area contributed by atoms with E-state index in [9.17, 15) is 4.79 Å². The van der Waals surface area contributed by atoms with Crippen LogP contribution in [0.15, 0.2) is 0 Å². The number of hydrogen-bond acceptors (Lipinski definition) is 3. The second kappa shape index (κ2) is 8.48. The molecule has 0 unspecified atom stereocenters. The van der Waals surface area contributed by atoms with Gasteiger partial charge in [0.1, 0.15) is 0 Å². The number of hydrogen-bond donors (Lipinski definition) is 2. The van der Waals surface area contributed by atoms with Crippen LogP contribution in [0.25, 0.3) is 0 Å². The number of ether oxygens (including phenoxy) is 1. The van der Waals surface area contributed by atoms with Crippen LogP contribution in [0.4, 0.5) is 0 Å². The molecule has 0 aliphatic heterocycles. The number of carbonyl (C=O) groups excluding carboxylic acids is 1. The number of amides is 1. The molecule has 100 valence electrons. The second-order valence-electron chi connectivity index (χ2n) is 4.82. The quantitative estimate of drug-likeness (QED) is 0.601. The van der Waals surface area contributed by atoms with Gasteiger partial charge in [-0.05, 0) is 45.1 Å². The summed E-state index contributed by atoms with van der Waals surface area (Å²) in [6, 6.07) is 0. The van der Waals surface area contributed by atoms with Crippen LogP contribution in [0.1, 0.15) is 45.4 Å². The van der Waals surface area contributed by atoms with E-state index in [2.05, 4.69) is 5.32 Å². The highest BCUT2D eigenvalue weighted by atomic mass is 16.5. The number of rotatable bonds is 9. The van der Waals surface area contributed by atoms with Crippen LogP contribution in [-0.2, 0) is 9.53 Å². The number of carbonyl (C=O) groups is 1. The van der Waals surface area contributed by atoms with Gasteiger partial charge in [0.25, 0.3) is 0 Å². The molecule has 0 aromatic carbocycles. The van der Waals surface area contributed by atoms with Gasteiger partial charge in [0.05, 0.1) is 6.10 Å². The Labute approximate surface area is 104 Å². The van der Waals surface area contributed by atoms with E-state index in [1.165, 1.54) is 0 Å². The zero-order valence-electron chi connectivity index (χ0n) is 10.9. The largest absolute Gasteiger partial charge is 0.378 e. The van der Waals surface area contributed by atoms with Gasteiger partial charge >= 0.3 is 0 Å². The fourth-order valence-electron chi connectivity index (χ4n) is 2.22. The van der Waals surface area contributed by atoms with E-state index in [1.54, 1.807) is 0 Å². The molecule has 1 amide bonds. The maximum absolute atomic E-state index is 11.6. The predicted molar refractivity (Wildman–Crippen MR) is 68.7 cm³/mol. The summed E-state index contributed by atoms with van der Waals surface area (Å²) in [6.07, 6.45) is 6.36. The minimum Gasteiger partial charge on any atom is -0.378 e. The standard InChI is InChI=1S/C13H26N2O2/c1-2-17-12-8-11(9-12)10-13(16)15-7-5-3-4-6-14/h11-12H,2-10,14H2,1H3,(H,15,16). The van der Waals surface area contributed by atoms with Crippen LogP contribution >= 0.6 is 0 Å². The van der Waals surface area contributed by atoms with Crippen molar-refractivity contribution in [2.24, 2.45) is 11.7 Å². The highest BCUT2D eigenvalue weighted by Gasteiger charge is 2.30. The summed E-state index contributed by atoms with van der Waals surface area (Å²) in [7, 11) is 0. The smallest absolute Gasteiger partial charge is 0.220 e. The van der Waals surface area contributed by atoms with Crippen molar-refractivity contribution >= 4 is 5.91 Å². The zero-order valence-corrected chi connectivity index (χ0v) is 10.9. The summed E-state index contributed by atoms with van der Waals surface area (Å²) in [5, 5.41) is 2.97. The molecule has 4 nitrogen and oxygen atoms in total. The topological polar surface area (TPSA) is 64.3 Å². The first-order chi connectivity index (χ1) is 8.26. The first-order valence-corrected chi connectivity index (χ1v) is 6.84. The molecule has 17 heavy (non-hydrogen) atoms. The SMILES string of the molecule is CCOC1CC(CC(=O)NCCCCCN)C1. The highest BCUT2D eigenvalue weighted by molar-refractivity contribution is 5.76. The lowest BCUT2D eigenvalue weighted by Crippen LogP contribution is -2.36. The van der Waals surface area contributed by atoms with Crippen molar-refractivity contribution in [1.82, 2.24) is 5.32 Å². The average molecular weight is 242 g/mol. The zero-order chi connectivity index (χ0) is 12.5. The number of nitrogens with two attached hydrogens (primary N) is 1. The fourth-order valence-corrected chi connectivity index (χ4v) is 2.22. The van der Waals surface area contributed by atoms with Gasteiger partial charge in [0.15, 0.2) is 0 Å². The molecule has 0 bridgehead atoms. The molecule has 0 atom stereocenters. The molecule has 4 heteroatoms. The van der Waals surface area contributed by atoms with Crippen molar-refractivity contribution in [3.63, 3.8) is 0 Å². The van der Waals surface area contributed by atoms with Crippen LogP contribution in [0.5, 0.6) is 0 Å². The summed E-state index contributed by atoms with van der Waals surface area (Å²) in [4.78, 5) is 11.6. The lowest BCUT2D eigenvalue weighted by Gasteiger charge is -2.34. The molecule has 0 aromatic heterocycles. The molecule has 1 aliphatic carbocycles. The van der Waals surface area contributed by atoms with Gasteiger partial charge in [-0.3, -0.25) is 4.79 Å². The van der Waals surface area contributed by atoms with Gasteiger partial charge < -0.3 is 15.8 Å². The van der Waals surface area contributed by atoms with E-state index in [-0.39, 0.29) is 5.91 Å². The van der Waals surface area contributed by atoms with Crippen molar-refractivity contribution in [1.29, 1.82) is 0 Å². The Balaban J connectivity index is 1.92. The van der Waals surface area contributed by atoms with Crippen molar-refractivity contribution in [2.45, 2.75) is 51.6 Å². The Kier molecular flexibility index (Phi) is 7.21. The van der Waals surface area contributed by atoms with E-state index < -0.39 is 0 Å². The van der Waals surface area contributed by atoms with Crippen molar-refractivity contribution in [3.05, 3.63) is 0 Å². The van der Waals surface area contributed by atoms with E-state index in [0.717, 1.165) is 51.8 Å². The Bertz CT molecular complexity index is 215. The van der Waals surface area contributed by atoms with Crippen LogP contribution in [0.3, 0.4) is 0 Å². The third-order valence-electron chi connectivity index (χ3n) is 3.27. The van der Waals surface area contributed by atoms with E-state index in [0.29, 0.717) is 18.4 Å². The summed E-state index contributed by atoms with van der Waals surface area (Å²) >= 11 is 0. The molecule has 1 fully saturated rings. The summed E-state index contributed by atoms with van der Waals surface area (Å²) < 4.78 is 5.47. The van der Waals surface area contributed by atoms with E-state index in [1.807, 2.05) is 6.92 Å². The molecule has 1 rings (SSSR count). The molecule has 0 spiro atoms. The first kappa shape index (κ1) is 14.5. The van der Waals surface area contributed by atoms with Crippen LogP contribution in [0.2, 0.25) is 0 Å². The van der Waals surface area contributed by atoms with Gasteiger partial charge in [-0.2, -0.15) is 0 Å². The van der Waals surface area contributed by atoms with Crippen molar-refractivity contribution in [2.75, 3.05) is 19.7 Å². The lowest BCUT2D eigenvalue weighted by molar-refractivity contribution is -0.124. The highest BCUT2D eigenvalue weighted by Crippen LogP contribution is 2.32. The molecule has 1 aliphatic rings. The monoisotopic (exact) mass is 242 g/mol. The maximum atomic E-state index is 11.6. The van der Waals surface area contributed by atoms with Gasteiger partial charge in [-0.15, -0.1) is 0 Å². The third kappa shape index (κ3) is 6.03. The van der Waals surface area contributed by atoms with Gasteiger partial charge in [0.2, 0.25) is 5.91 Å². The second-order valence-corrected chi connectivity index (χ2v) is 4.82. The summed E-state index contributed by atoms with van der Waals surface area (Å²) in [5.74, 6) is 0.730. The summed E-state index contributed by atoms with van der Waals surface area (Å²) in [5.41, 5.74) is 5.40. The van der Waals surface area contributed by atoms with Crippen LogP contribution in [0, 0.1) is 5.92 Å². The molecule has 0 radical (unpaired) electrons. The molecule has 1 saturated carbocycles. The average Bonchev–Trinajstić information content (AvgIpc) is 2.26. The molecule has 3 N–H and O–H groups in total. The third-order valence-corrected chi connectivity index (χ3v) is 3.27. The molecule has 0 saturated heterocycles. The minimum absolute atomic E-state index is 0.192. The van der Waals surface area contributed by atoms with Crippen LogP contribution in [-0.4, -0.2) is 31.7 Å². The van der Waals surface area contributed by atoms with Gasteiger partial charge in [-0.25, -0.2) is 0 Å².